The van der Waals surface area contributed by atoms with Crippen molar-refractivity contribution in [1.82, 2.24) is 10.2 Å². The van der Waals surface area contributed by atoms with Crippen molar-refractivity contribution in [2.75, 3.05) is 19.6 Å². The van der Waals surface area contributed by atoms with Gasteiger partial charge in [0.15, 0.2) is 0 Å². The molecule has 2 nitrogen and oxygen atoms in total. The van der Waals surface area contributed by atoms with E-state index < -0.39 is 0 Å². The van der Waals surface area contributed by atoms with Crippen LogP contribution < -0.4 is 5.32 Å². The van der Waals surface area contributed by atoms with E-state index in [1.165, 1.54) is 38.0 Å². The van der Waals surface area contributed by atoms with Crippen LogP contribution in [0.5, 0.6) is 0 Å². The number of nitrogens with zero attached hydrogens (tertiary/aromatic N) is 1. The lowest BCUT2D eigenvalue weighted by atomic mass is 9.84. The molecule has 18 heavy (non-hydrogen) atoms. The van der Waals surface area contributed by atoms with Gasteiger partial charge in [-0.15, -0.1) is 0 Å². The maximum absolute atomic E-state index is 6.01. The van der Waals surface area contributed by atoms with E-state index in [1.54, 1.807) is 0 Å². The first-order valence-electron chi connectivity index (χ1n) is 6.62. The summed E-state index contributed by atoms with van der Waals surface area (Å²) in [5, 5.41) is 4.49. The van der Waals surface area contributed by atoms with Crippen molar-refractivity contribution in [2.45, 2.75) is 25.4 Å². The van der Waals surface area contributed by atoms with E-state index in [9.17, 15) is 0 Å². The molecule has 4 heteroatoms. The van der Waals surface area contributed by atoms with Crippen LogP contribution in [0.2, 0.25) is 5.02 Å². The fourth-order valence-electron chi connectivity index (χ4n) is 3.09. The van der Waals surface area contributed by atoms with Gasteiger partial charge < -0.3 is 10.2 Å². The van der Waals surface area contributed by atoms with Crippen LogP contribution >= 0.6 is 27.5 Å². The van der Waals surface area contributed by atoms with E-state index >= 15 is 0 Å². The molecule has 3 aliphatic heterocycles. The SMILES string of the molecule is Clc1ccc(CNC2CN3CCC2CC3)cc1Br. The number of rotatable bonds is 3. The maximum Gasteiger partial charge on any atom is 0.0548 e. The molecule has 1 N–H and O–H groups in total. The average molecular weight is 330 g/mol. The molecule has 4 rings (SSSR count). The van der Waals surface area contributed by atoms with Crippen LogP contribution in [0.3, 0.4) is 0 Å². The molecule has 0 radical (unpaired) electrons. The second-order valence-corrected chi connectivity index (χ2v) is 6.64. The van der Waals surface area contributed by atoms with E-state index in [0.717, 1.165) is 22.0 Å². The van der Waals surface area contributed by atoms with Crippen molar-refractivity contribution in [3.63, 3.8) is 0 Å². The van der Waals surface area contributed by atoms with Gasteiger partial charge in [-0.1, -0.05) is 17.7 Å². The first-order valence-corrected chi connectivity index (χ1v) is 7.79. The van der Waals surface area contributed by atoms with E-state index in [2.05, 4.69) is 38.3 Å². The fraction of sp³-hybridized carbons (Fsp3) is 0.571. The van der Waals surface area contributed by atoms with Gasteiger partial charge in [-0.25, -0.2) is 0 Å². The second kappa shape index (κ2) is 5.49. The highest BCUT2D eigenvalue weighted by atomic mass is 79.9. The quantitative estimate of drug-likeness (QED) is 0.915. The van der Waals surface area contributed by atoms with Crippen LogP contribution in [0.1, 0.15) is 18.4 Å². The molecule has 98 valence electrons. The highest BCUT2D eigenvalue weighted by molar-refractivity contribution is 9.10. The zero-order valence-electron chi connectivity index (χ0n) is 10.3. The van der Waals surface area contributed by atoms with E-state index in [4.69, 9.17) is 11.6 Å². The van der Waals surface area contributed by atoms with Crippen LogP contribution in [0.4, 0.5) is 0 Å². The zero-order chi connectivity index (χ0) is 12.5. The standard InChI is InChI=1S/C14H18BrClN2/c15-12-7-10(1-2-13(12)16)8-17-14-9-18-5-3-11(14)4-6-18/h1-2,7,11,14,17H,3-6,8-9H2. The topological polar surface area (TPSA) is 15.3 Å². The summed E-state index contributed by atoms with van der Waals surface area (Å²) in [6, 6.07) is 6.83. The van der Waals surface area contributed by atoms with Crippen molar-refractivity contribution in [3.05, 3.63) is 33.3 Å². The molecule has 3 saturated heterocycles. The van der Waals surface area contributed by atoms with E-state index in [0.29, 0.717) is 6.04 Å². The average Bonchev–Trinajstić information content (AvgIpc) is 2.41. The fourth-order valence-corrected chi connectivity index (χ4v) is 3.64. The van der Waals surface area contributed by atoms with E-state index in [-0.39, 0.29) is 0 Å². The van der Waals surface area contributed by atoms with Crippen molar-refractivity contribution < 1.29 is 0 Å². The molecule has 1 atom stereocenters. The Bertz CT molecular complexity index is 430. The van der Waals surface area contributed by atoms with Crippen LogP contribution in [0.25, 0.3) is 0 Å². The highest BCUT2D eigenvalue weighted by Crippen LogP contribution is 2.28. The van der Waals surface area contributed by atoms with Gasteiger partial charge in [0.1, 0.15) is 0 Å². The molecule has 0 amide bonds. The molecular weight excluding hydrogens is 312 g/mol. The number of nitrogens with one attached hydrogen (secondary N) is 1. The maximum atomic E-state index is 6.01. The zero-order valence-corrected chi connectivity index (χ0v) is 12.7. The summed E-state index contributed by atoms with van der Waals surface area (Å²) < 4.78 is 0.984. The van der Waals surface area contributed by atoms with Gasteiger partial charge in [-0.2, -0.15) is 0 Å². The van der Waals surface area contributed by atoms with Crippen LogP contribution in [0, 0.1) is 5.92 Å². The summed E-state index contributed by atoms with van der Waals surface area (Å²) in [5.41, 5.74) is 1.29. The molecule has 0 aromatic heterocycles. The summed E-state index contributed by atoms with van der Waals surface area (Å²) in [5.74, 6) is 0.880. The molecule has 1 aromatic rings. The molecular formula is C14H18BrClN2. The van der Waals surface area contributed by atoms with Crippen molar-refractivity contribution >= 4 is 27.5 Å². The molecule has 1 unspecified atom stereocenters. The number of halogens is 2. The number of fused-ring (bicyclic) bond motifs is 3. The lowest BCUT2D eigenvalue weighted by Crippen LogP contribution is -2.55. The molecule has 1 aromatic carbocycles. The first kappa shape index (κ1) is 12.9. The Balaban J connectivity index is 1.59. The van der Waals surface area contributed by atoms with Gasteiger partial charge in [0, 0.05) is 23.6 Å². The Kier molecular flexibility index (Phi) is 3.94. The number of hydrogen-bond acceptors (Lipinski definition) is 2. The Morgan fingerprint density at radius 1 is 1.33 bits per heavy atom. The van der Waals surface area contributed by atoms with Crippen LogP contribution in [-0.2, 0) is 6.54 Å². The summed E-state index contributed by atoms with van der Waals surface area (Å²) in [4.78, 5) is 2.58. The summed E-state index contributed by atoms with van der Waals surface area (Å²) in [7, 11) is 0. The summed E-state index contributed by atoms with van der Waals surface area (Å²) >= 11 is 9.48. The van der Waals surface area contributed by atoms with Crippen LogP contribution in [-0.4, -0.2) is 30.6 Å². The monoisotopic (exact) mass is 328 g/mol. The minimum absolute atomic E-state index is 0.668. The predicted molar refractivity (Wildman–Crippen MR) is 78.9 cm³/mol. The normalized spacial score (nSPS) is 30.7. The van der Waals surface area contributed by atoms with Gasteiger partial charge in [-0.3, -0.25) is 0 Å². The molecule has 0 aliphatic carbocycles. The number of piperidine rings is 3. The van der Waals surface area contributed by atoms with Crippen LogP contribution in [0.15, 0.2) is 22.7 Å². The molecule has 0 saturated carbocycles. The molecule has 0 spiro atoms. The van der Waals surface area contributed by atoms with Crippen molar-refractivity contribution in [1.29, 1.82) is 0 Å². The van der Waals surface area contributed by atoms with Crippen molar-refractivity contribution in [2.24, 2.45) is 5.92 Å². The molecule has 3 fully saturated rings. The van der Waals surface area contributed by atoms with Crippen molar-refractivity contribution in [3.8, 4) is 0 Å². The third kappa shape index (κ3) is 2.74. The third-order valence-electron chi connectivity index (χ3n) is 4.21. The summed E-state index contributed by atoms with van der Waals surface area (Å²) in [6.45, 7) is 4.76. The van der Waals surface area contributed by atoms with Gasteiger partial charge in [0.25, 0.3) is 0 Å². The number of hydrogen-bond donors (Lipinski definition) is 1. The largest absolute Gasteiger partial charge is 0.308 e. The third-order valence-corrected chi connectivity index (χ3v) is 5.42. The first-order chi connectivity index (χ1) is 8.72. The predicted octanol–water partition coefficient (Wildman–Crippen LogP) is 3.29. The minimum Gasteiger partial charge on any atom is -0.308 e. The minimum atomic E-state index is 0.668. The number of benzene rings is 1. The molecule has 2 bridgehead atoms. The Hall–Kier alpha value is -0.0900. The Morgan fingerprint density at radius 3 is 2.72 bits per heavy atom. The van der Waals surface area contributed by atoms with Gasteiger partial charge in [0.05, 0.1) is 5.02 Å². The molecule has 3 aliphatic rings. The van der Waals surface area contributed by atoms with Gasteiger partial charge in [0.2, 0.25) is 0 Å². The smallest absolute Gasteiger partial charge is 0.0548 e. The van der Waals surface area contributed by atoms with Gasteiger partial charge >= 0.3 is 0 Å². The van der Waals surface area contributed by atoms with E-state index in [1.807, 2.05) is 6.07 Å². The lowest BCUT2D eigenvalue weighted by Gasteiger charge is -2.45. The molecule has 3 heterocycles. The summed E-state index contributed by atoms with van der Waals surface area (Å²) in [6.07, 6.45) is 2.73. The second-order valence-electron chi connectivity index (χ2n) is 5.37. The Labute approximate surface area is 122 Å². The highest BCUT2D eigenvalue weighted by Gasteiger charge is 2.33. The Morgan fingerprint density at radius 2 is 2.11 bits per heavy atom. The lowest BCUT2D eigenvalue weighted by molar-refractivity contribution is 0.0720. The van der Waals surface area contributed by atoms with Gasteiger partial charge in [-0.05, 0) is 65.5 Å².